The second-order valence-electron chi connectivity index (χ2n) is 6.49. The third kappa shape index (κ3) is 5.40. The van der Waals surface area contributed by atoms with Crippen molar-refractivity contribution < 1.29 is 9.53 Å². The molecule has 2 aromatic rings. The maximum atomic E-state index is 12.6. The molecule has 0 aliphatic carbocycles. The van der Waals surface area contributed by atoms with Crippen molar-refractivity contribution in [2.45, 2.75) is 26.2 Å². The minimum absolute atomic E-state index is 0.263. The second-order valence-corrected chi connectivity index (χ2v) is 6.49. The molecule has 144 valence electrons. The summed E-state index contributed by atoms with van der Waals surface area (Å²) < 4.78 is 5.41. The normalized spacial score (nSPS) is 14.0. The molecular formula is C20H27N5O2. The zero-order chi connectivity index (χ0) is 18.9. The number of aromatic nitrogens is 2. The lowest BCUT2D eigenvalue weighted by Gasteiger charge is -2.30. The van der Waals surface area contributed by atoms with Crippen LogP contribution in [0.25, 0.3) is 0 Å². The van der Waals surface area contributed by atoms with Gasteiger partial charge in [-0.3, -0.25) is 4.79 Å². The fraction of sp³-hybridized carbons (Fsp3) is 0.450. The van der Waals surface area contributed by atoms with E-state index in [-0.39, 0.29) is 5.91 Å². The summed E-state index contributed by atoms with van der Waals surface area (Å²) in [5.74, 6) is 0.428. The number of benzene rings is 1. The predicted molar refractivity (Wildman–Crippen MR) is 107 cm³/mol. The van der Waals surface area contributed by atoms with Crippen LogP contribution in [0.1, 0.15) is 36.7 Å². The van der Waals surface area contributed by atoms with Crippen molar-refractivity contribution >= 4 is 23.1 Å². The van der Waals surface area contributed by atoms with Crippen LogP contribution in [-0.4, -0.2) is 48.7 Å². The predicted octanol–water partition coefficient (Wildman–Crippen LogP) is 3.17. The minimum Gasteiger partial charge on any atom is -0.378 e. The Balaban J connectivity index is 1.62. The molecule has 0 atom stereocenters. The summed E-state index contributed by atoms with van der Waals surface area (Å²) in [7, 11) is 0. The summed E-state index contributed by atoms with van der Waals surface area (Å²) >= 11 is 0. The van der Waals surface area contributed by atoms with E-state index >= 15 is 0 Å². The Labute approximate surface area is 160 Å². The van der Waals surface area contributed by atoms with Gasteiger partial charge >= 0.3 is 0 Å². The van der Waals surface area contributed by atoms with Crippen molar-refractivity contribution in [1.82, 2.24) is 9.97 Å². The monoisotopic (exact) mass is 369 g/mol. The van der Waals surface area contributed by atoms with Crippen LogP contribution in [-0.2, 0) is 4.74 Å². The van der Waals surface area contributed by atoms with E-state index in [0.29, 0.717) is 24.7 Å². The molecule has 0 unspecified atom stereocenters. The van der Waals surface area contributed by atoms with Gasteiger partial charge < -0.3 is 20.3 Å². The molecule has 1 aliphatic rings. The standard InChI is InChI=1S/C20H27N5O2/c1-2-3-6-9-21-19-15-22-17(14-23-19)20(26)24-16-7-4-5-8-18(16)25-10-12-27-13-11-25/h4-5,7-8,14-15H,2-3,6,9-13H2,1H3,(H,21,23)(H,24,26). The maximum Gasteiger partial charge on any atom is 0.275 e. The zero-order valence-electron chi connectivity index (χ0n) is 15.8. The Morgan fingerprint density at radius 1 is 1.15 bits per heavy atom. The Morgan fingerprint density at radius 3 is 2.70 bits per heavy atom. The van der Waals surface area contributed by atoms with Gasteiger partial charge in [0.15, 0.2) is 0 Å². The number of rotatable bonds is 8. The van der Waals surface area contributed by atoms with E-state index in [1.165, 1.54) is 19.0 Å². The Morgan fingerprint density at radius 2 is 1.96 bits per heavy atom. The van der Waals surface area contributed by atoms with E-state index in [4.69, 9.17) is 4.74 Å². The van der Waals surface area contributed by atoms with Crippen LogP contribution in [0, 0.1) is 0 Å². The van der Waals surface area contributed by atoms with Crippen LogP contribution in [0.4, 0.5) is 17.2 Å². The molecule has 1 aliphatic heterocycles. The van der Waals surface area contributed by atoms with Crippen molar-refractivity contribution in [2.24, 2.45) is 0 Å². The lowest BCUT2D eigenvalue weighted by Crippen LogP contribution is -2.36. The molecule has 7 heteroatoms. The number of para-hydroxylation sites is 2. The van der Waals surface area contributed by atoms with E-state index in [2.05, 4.69) is 32.4 Å². The first-order valence-electron chi connectivity index (χ1n) is 9.57. The topological polar surface area (TPSA) is 79.4 Å². The molecule has 3 rings (SSSR count). The highest BCUT2D eigenvalue weighted by molar-refractivity contribution is 6.04. The van der Waals surface area contributed by atoms with Crippen molar-refractivity contribution in [3.05, 3.63) is 42.4 Å². The molecule has 1 aromatic carbocycles. The summed E-state index contributed by atoms with van der Waals surface area (Å²) in [4.78, 5) is 23.3. The number of unbranched alkanes of at least 4 members (excludes halogenated alkanes) is 2. The van der Waals surface area contributed by atoms with Gasteiger partial charge in [-0.15, -0.1) is 0 Å². The highest BCUT2D eigenvalue weighted by Crippen LogP contribution is 2.26. The van der Waals surface area contributed by atoms with Gasteiger partial charge in [0, 0.05) is 19.6 Å². The van der Waals surface area contributed by atoms with Crippen LogP contribution in [0.15, 0.2) is 36.7 Å². The molecule has 2 heterocycles. The van der Waals surface area contributed by atoms with Crippen molar-refractivity contribution in [2.75, 3.05) is 48.4 Å². The molecule has 0 saturated carbocycles. The Hall–Kier alpha value is -2.67. The minimum atomic E-state index is -0.263. The van der Waals surface area contributed by atoms with E-state index in [0.717, 1.165) is 37.4 Å². The molecule has 1 amide bonds. The summed E-state index contributed by atoms with van der Waals surface area (Å²) in [6.45, 7) is 6.04. The summed E-state index contributed by atoms with van der Waals surface area (Å²) in [5, 5.41) is 6.18. The fourth-order valence-electron chi connectivity index (χ4n) is 2.97. The first kappa shape index (κ1) is 19.1. The molecule has 0 spiro atoms. The number of amides is 1. The van der Waals surface area contributed by atoms with E-state index in [9.17, 15) is 4.79 Å². The number of ether oxygens (including phenoxy) is 1. The number of carbonyl (C=O) groups is 1. The van der Waals surface area contributed by atoms with Gasteiger partial charge in [0.05, 0.1) is 37.0 Å². The van der Waals surface area contributed by atoms with Crippen molar-refractivity contribution in [1.29, 1.82) is 0 Å². The first-order valence-corrected chi connectivity index (χ1v) is 9.57. The largest absolute Gasteiger partial charge is 0.378 e. The van der Waals surface area contributed by atoms with Crippen LogP contribution in [0.3, 0.4) is 0 Å². The summed E-state index contributed by atoms with van der Waals surface area (Å²) in [6.07, 6.45) is 6.57. The van der Waals surface area contributed by atoms with Crippen LogP contribution >= 0.6 is 0 Å². The van der Waals surface area contributed by atoms with E-state index < -0.39 is 0 Å². The third-order valence-corrected chi connectivity index (χ3v) is 4.47. The van der Waals surface area contributed by atoms with Crippen LogP contribution in [0.5, 0.6) is 0 Å². The van der Waals surface area contributed by atoms with Gasteiger partial charge in [-0.1, -0.05) is 31.9 Å². The third-order valence-electron chi connectivity index (χ3n) is 4.47. The highest BCUT2D eigenvalue weighted by Gasteiger charge is 2.17. The molecule has 1 fully saturated rings. The number of morpholine rings is 1. The summed E-state index contributed by atoms with van der Waals surface area (Å²) in [6, 6.07) is 7.80. The number of nitrogens with zero attached hydrogens (tertiary/aromatic N) is 3. The molecular weight excluding hydrogens is 342 g/mol. The van der Waals surface area contributed by atoms with Crippen LogP contribution in [0.2, 0.25) is 0 Å². The Kier molecular flexibility index (Phi) is 6.98. The van der Waals surface area contributed by atoms with Gasteiger partial charge in [-0.2, -0.15) is 0 Å². The number of hydrogen-bond acceptors (Lipinski definition) is 6. The lowest BCUT2D eigenvalue weighted by molar-refractivity contribution is 0.102. The number of anilines is 3. The van der Waals surface area contributed by atoms with Gasteiger partial charge in [-0.25, -0.2) is 9.97 Å². The quantitative estimate of drug-likeness (QED) is 0.696. The number of hydrogen-bond donors (Lipinski definition) is 2. The maximum absolute atomic E-state index is 12.6. The van der Waals surface area contributed by atoms with Crippen LogP contribution < -0.4 is 15.5 Å². The average Bonchev–Trinajstić information content (AvgIpc) is 2.73. The molecule has 0 radical (unpaired) electrons. The van der Waals surface area contributed by atoms with Gasteiger partial charge in [-0.05, 0) is 18.6 Å². The van der Waals surface area contributed by atoms with Crippen molar-refractivity contribution in [3.8, 4) is 0 Å². The SMILES string of the molecule is CCCCCNc1cnc(C(=O)Nc2ccccc2N2CCOCC2)cn1. The van der Waals surface area contributed by atoms with E-state index in [1.807, 2.05) is 24.3 Å². The molecule has 27 heavy (non-hydrogen) atoms. The molecule has 2 N–H and O–H groups in total. The molecule has 1 aromatic heterocycles. The van der Waals surface area contributed by atoms with E-state index in [1.54, 1.807) is 6.20 Å². The molecule has 0 bridgehead atoms. The van der Waals surface area contributed by atoms with Gasteiger partial charge in [0.1, 0.15) is 11.5 Å². The lowest BCUT2D eigenvalue weighted by atomic mass is 10.2. The molecule has 7 nitrogen and oxygen atoms in total. The Bertz CT molecular complexity index is 729. The van der Waals surface area contributed by atoms with Gasteiger partial charge in [0.25, 0.3) is 5.91 Å². The van der Waals surface area contributed by atoms with Gasteiger partial charge in [0.2, 0.25) is 0 Å². The number of carbonyl (C=O) groups excluding carboxylic acids is 1. The fourth-order valence-corrected chi connectivity index (χ4v) is 2.97. The average molecular weight is 369 g/mol. The molecule has 1 saturated heterocycles. The zero-order valence-corrected chi connectivity index (χ0v) is 15.8. The smallest absolute Gasteiger partial charge is 0.275 e. The first-order chi connectivity index (χ1) is 13.3. The van der Waals surface area contributed by atoms with Crippen molar-refractivity contribution in [3.63, 3.8) is 0 Å². The number of nitrogens with one attached hydrogen (secondary N) is 2. The highest BCUT2D eigenvalue weighted by atomic mass is 16.5. The summed E-state index contributed by atoms with van der Waals surface area (Å²) in [5.41, 5.74) is 2.06. The second kappa shape index (κ2) is 9.87.